The molecule has 0 aliphatic heterocycles. The van der Waals surface area contributed by atoms with E-state index >= 15 is 0 Å². The Balaban J connectivity index is 3.91. The van der Waals surface area contributed by atoms with Gasteiger partial charge >= 0.3 is 0 Å². The van der Waals surface area contributed by atoms with Crippen molar-refractivity contribution in [1.29, 1.82) is 0 Å². The lowest BCUT2D eigenvalue weighted by atomic mass is 10.2. The molecule has 0 aliphatic rings. The summed E-state index contributed by atoms with van der Waals surface area (Å²) in [5, 5.41) is 0.237. The highest BCUT2D eigenvalue weighted by atomic mass is 28.4. The lowest BCUT2D eigenvalue weighted by Gasteiger charge is -2.36. The van der Waals surface area contributed by atoms with E-state index in [-0.39, 0.29) is 5.04 Å². The van der Waals surface area contributed by atoms with E-state index in [1.165, 1.54) is 6.08 Å². The van der Waals surface area contributed by atoms with Crippen LogP contribution in [-0.4, -0.2) is 20.8 Å². The molecule has 2 N–H and O–H groups in total. The molecule has 0 saturated heterocycles. The van der Waals surface area contributed by atoms with Gasteiger partial charge in [-0.3, -0.25) is 4.79 Å². The molecule has 88 valence electrons. The molecule has 3 nitrogen and oxygen atoms in total. The van der Waals surface area contributed by atoms with Crippen LogP contribution in [-0.2, 0) is 9.22 Å². The molecule has 0 atom stereocenters. The molecular formula is C11H23NO2Si. The summed E-state index contributed by atoms with van der Waals surface area (Å²) in [7, 11) is -1.63. The second kappa shape index (κ2) is 5.46. The number of carbonyl (C=O) groups excluding carboxylic acids is 1. The lowest BCUT2D eigenvalue weighted by molar-refractivity contribution is -0.113. The van der Waals surface area contributed by atoms with Crippen LogP contribution in [0.2, 0.25) is 18.1 Å². The molecule has 15 heavy (non-hydrogen) atoms. The Morgan fingerprint density at radius 2 is 1.93 bits per heavy atom. The number of primary amides is 1. The van der Waals surface area contributed by atoms with Gasteiger partial charge in [0.25, 0.3) is 0 Å². The molecule has 0 spiro atoms. The van der Waals surface area contributed by atoms with Gasteiger partial charge in [-0.25, -0.2) is 0 Å². The summed E-state index contributed by atoms with van der Waals surface area (Å²) in [6.07, 6.45) is 3.89. The minimum atomic E-state index is -1.63. The van der Waals surface area contributed by atoms with Gasteiger partial charge in [-0.1, -0.05) is 26.8 Å². The minimum absolute atomic E-state index is 0.237. The Morgan fingerprint density at radius 1 is 1.40 bits per heavy atom. The highest BCUT2D eigenvalue weighted by Crippen LogP contribution is 2.36. The van der Waals surface area contributed by atoms with Gasteiger partial charge in [-0.15, -0.1) is 0 Å². The predicted molar refractivity (Wildman–Crippen MR) is 66.1 cm³/mol. The molecule has 0 fully saturated rings. The van der Waals surface area contributed by atoms with Crippen LogP contribution < -0.4 is 5.73 Å². The Bertz CT molecular complexity index is 241. The first-order chi connectivity index (χ1) is 6.67. The van der Waals surface area contributed by atoms with Crippen molar-refractivity contribution >= 4 is 14.2 Å². The van der Waals surface area contributed by atoms with E-state index in [1.807, 2.05) is 0 Å². The van der Waals surface area contributed by atoms with E-state index in [2.05, 4.69) is 33.9 Å². The second-order valence-corrected chi connectivity index (χ2v) is 10.0. The zero-order valence-electron chi connectivity index (χ0n) is 10.5. The summed E-state index contributed by atoms with van der Waals surface area (Å²) in [6, 6.07) is 0. The normalized spacial score (nSPS) is 13.4. The van der Waals surface area contributed by atoms with Crippen molar-refractivity contribution in [3.05, 3.63) is 12.2 Å². The van der Waals surface area contributed by atoms with Crippen LogP contribution in [0.5, 0.6) is 0 Å². The molecule has 0 unspecified atom stereocenters. The van der Waals surface area contributed by atoms with Crippen molar-refractivity contribution in [1.82, 2.24) is 0 Å². The summed E-state index contributed by atoms with van der Waals surface area (Å²) >= 11 is 0. The standard InChI is InChI=1S/C11H23NO2Si/c1-11(2,3)15(4,5)14-9-7-6-8-10(12)13/h6,8H,7,9H2,1-5H3,(H2,12,13). The first-order valence-corrected chi connectivity index (χ1v) is 8.17. The third-order valence-corrected chi connectivity index (χ3v) is 7.37. The molecule has 0 aromatic rings. The van der Waals surface area contributed by atoms with E-state index in [0.717, 1.165) is 6.42 Å². The summed E-state index contributed by atoms with van der Waals surface area (Å²) in [5.74, 6) is -0.401. The fourth-order valence-corrected chi connectivity index (χ4v) is 1.86. The van der Waals surface area contributed by atoms with Crippen LogP contribution in [0.4, 0.5) is 0 Å². The van der Waals surface area contributed by atoms with Crippen LogP contribution in [0, 0.1) is 0 Å². The lowest BCUT2D eigenvalue weighted by Crippen LogP contribution is -2.40. The summed E-state index contributed by atoms with van der Waals surface area (Å²) < 4.78 is 5.91. The first-order valence-electron chi connectivity index (χ1n) is 5.27. The molecule has 0 aliphatic carbocycles. The molecule has 0 aromatic heterocycles. The molecule has 0 rings (SSSR count). The first kappa shape index (κ1) is 14.4. The number of hydrogen-bond acceptors (Lipinski definition) is 2. The highest BCUT2D eigenvalue weighted by Gasteiger charge is 2.36. The quantitative estimate of drug-likeness (QED) is 0.447. The van der Waals surface area contributed by atoms with Crippen LogP contribution in [0.1, 0.15) is 27.2 Å². The minimum Gasteiger partial charge on any atom is -0.417 e. The monoisotopic (exact) mass is 229 g/mol. The number of amides is 1. The zero-order chi connectivity index (χ0) is 12.1. The number of nitrogens with two attached hydrogens (primary N) is 1. The van der Waals surface area contributed by atoms with Gasteiger partial charge < -0.3 is 10.2 Å². The molecule has 0 aromatic carbocycles. The van der Waals surface area contributed by atoms with Gasteiger partial charge in [0.15, 0.2) is 8.32 Å². The Hall–Kier alpha value is -0.613. The van der Waals surface area contributed by atoms with Crippen molar-refractivity contribution in [2.24, 2.45) is 5.73 Å². The van der Waals surface area contributed by atoms with Crippen LogP contribution in [0.25, 0.3) is 0 Å². The molecular weight excluding hydrogens is 206 g/mol. The molecule has 0 saturated carbocycles. The van der Waals surface area contributed by atoms with Gasteiger partial charge in [0.2, 0.25) is 5.91 Å². The van der Waals surface area contributed by atoms with E-state index in [0.29, 0.717) is 6.61 Å². The molecule has 0 bridgehead atoms. The van der Waals surface area contributed by atoms with Gasteiger partial charge in [-0.05, 0) is 30.6 Å². The van der Waals surface area contributed by atoms with Crippen molar-refractivity contribution in [3.8, 4) is 0 Å². The smallest absolute Gasteiger partial charge is 0.241 e. The summed E-state index contributed by atoms with van der Waals surface area (Å²) in [4.78, 5) is 10.4. The highest BCUT2D eigenvalue weighted by molar-refractivity contribution is 6.74. The van der Waals surface area contributed by atoms with Crippen LogP contribution >= 0.6 is 0 Å². The second-order valence-electron chi connectivity index (χ2n) is 5.20. The maximum absolute atomic E-state index is 10.4. The van der Waals surface area contributed by atoms with Gasteiger partial charge in [0.1, 0.15) is 0 Å². The summed E-state index contributed by atoms with van der Waals surface area (Å²) in [6.45, 7) is 11.7. The van der Waals surface area contributed by atoms with Crippen molar-refractivity contribution < 1.29 is 9.22 Å². The van der Waals surface area contributed by atoms with E-state index in [9.17, 15) is 4.79 Å². The van der Waals surface area contributed by atoms with Crippen molar-refractivity contribution in [3.63, 3.8) is 0 Å². The molecule has 1 amide bonds. The average molecular weight is 229 g/mol. The fraction of sp³-hybridized carbons (Fsp3) is 0.727. The Labute approximate surface area is 93.8 Å². The van der Waals surface area contributed by atoms with Crippen molar-refractivity contribution in [2.75, 3.05) is 6.61 Å². The van der Waals surface area contributed by atoms with Gasteiger partial charge in [0, 0.05) is 6.61 Å². The maximum Gasteiger partial charge on any atom is 0.241 e. The Kier molecular flexibility index (Phi) is 5.24. The molecule has 4 heteroatoms. The van der Waals surface area contributed by atoms with Crippen LogP contribution in [0.15, 0.2) is 12.2 Å². The number of rotatable bonds is 5. The van der Waals surface area contributed by atoms with E-state index in [4.69, 9.17) is 10.2 Å². The SMILES string of the molecule is CC(C)(C)[Si](C)(C)OCCC=CC(N)=O. The number of hydrogen-bond donors (Lipinski definition) is 1. The maximum atomic E-state index is 10.4. The van der Waals surface area contributed by atoms with Gasteiger partial charge in [-0.2, -0.15) is 0 Å². The largest absolute Gasteiger partial charge is 0.417 e. The topological polar surface area (TPSA) is 52.3 Å². The predicted octanol–water partition coefficient (Wildman–Crippen LogP) is 2.44. The van der Waals surface area contributed by atoms with Crippen molar-refractivity contribution in [2.45, 2.75) is 45.3 Å². The zero-order valence-corrected chi connectivity index (χ0v) is 11.5. The van der Waals surface area contributed by atoms with Crippen LogP contribution in [0.3, 0.4) is 0 Å². The average Bonchev–Trinajstić information content (AvgIpc) is 2.00. The Morgan fingerprint density at radius 3 is 2.33 bits per heavy atom. The summed E-state index contributed by atoms with van der Waals surface area (Å²) in [5.41, 5.74) is 4.97. The van der Waals surface area contributed by atoms with E-state index < -0.39 is 14.2 Å². The van der Waals surface area contributed by atoms with Gasteiger partial charge in [0.05, 0.1) is 0 Å². The molecule has 0 heterocycles. The molecule has 0 radical (unpaired) electrons. The fourth-order valence-electron chi connectivity index (χ4n) is 0.798. The van der Waals surface area contributed by atoms with E-state index in [1.54, 1.807) is 6.08 Å². The third-order valence-electron chi connectivity index (χ3n) is 2.84. The number of carbonyl (C=O) groups is 1. The third kappa shape index (κ3) is 5.74.